The van der Waals surface area contributed by atoms with Crippen molar-refractivity contribution in [2.24, 2.45) is 0 Å². The summed E-state index contributed by atoms with van der Waals surface area (Å²) in [6, 6.07) is 7.24. The molecule has 1 rings (SSSR count). The second kappa shape index (κ2) is 5.61. The Labute approximate surface area is 94.3 Å². The molecule has 1 aromatic carbocycles. The lowest BCUT2D eigenvalue weighted by Gasteiger charge is -2.22. The maximum atomic E-state index is 10.7. The Hall–Kier alpha value is -1.22. The number of aliphatic carboxylic acids is 1. The molecule has 0 saturated heterocycles. The fourth-order valence-electron chi connectivity index (χ4n) is 1.41. The highest BCUT2D eigenvalue weighted by Gasteiger charge is 2.09. The number of nitrogens with zero attached hydrogens (tertiary/aromatic N) is 1. The zero-order valence-corrected chi connectivity index (χ0v) is 9.37. The molecule has 0 saturated carbocycles. The van der Waals surface area contributed by atoms with Crippen molar-refractivity contribution >= 4 is 23.3 Å². The van der Waals surface area contributed by atoms with Crippen LogP contribution in [0.2, 0.25) is 5.02 Å². The van der Waals surface area contributed by atoms with Gasteiger partial charge in [-0.1, -0.05) is 24.6 Å². The quantitative estimate of drug-likeness (QED) is 0.841. The summed E-state index contributed by atoms with van der Waals surface area (Å²) < 4.78 is 0. The smallest absolute Gasteiger partial charge is 0.323 e. The highest BCUT2D eigenvalue weighted by molar-refractivity contribution is 6.30. The number of carboxylic acid groups (broad SMARTS) is 1. The number of halogens is 1. The summed E-state index contributed by atoms with van der Waals surface area (Å²) in [5.41, 5.74) is 0.853. The molecular weight excluding hydrogens is 214 g/mol. The van der Waals surface area contributed by atoms with Crippen LogP contribution in [0, 0.1) is 0 Å². The van der Waals surface area contributed by atoms with Gasteiger partial charge < -0.3 is 10.0 Å². The summed E-state index contributed by atoms with van der Waals surface area (Å²) in [6.45, 7) is 2.74. The van der Waals surface area contributed by atoms with Gasteiger partial charge in [-0.05, 0) is 24.6 Å². The van der Waals surface area contributed by atoms with Crippen LogP contribution in [0.15, 0.2) is 24.3 Å². The average Bonchev–Trinajstić information content (AvgIpc) is 2.16. The SMILES string of the molecule is CCCN(CC(=O)O)c1cccc(Cl)c1. The lowest BCUT2D eigenvalue weighted by Crippen LogP contribution is -2.30. The first-order chi connectivity index (χ1) is 7.13. The van der Waals surface area contributed by atoms with Crippen LogP contribution in [-0.4, -0.2) is 24.2 Å². The number of rotatable bonds is 5. The van der Waals surface area contributed by atoms with Crippen LogP contribution < -0.4 is 4.90 Å². The summed E-state index contributed by atoms with van der Waals surface area (Å²) in [5.74, 6) is -0.830. The molecule has 0 heterocycles. The van der Waals surface area contributed by atoms with E-state index in [1.54, 1.807) is 17.0 Å². The van der Waals surface area contributed by atoms with Gasteiger partial charge in [0.25, 0.3) is 0 Å². The summed E-state index contributed by atoms with van der Waals surface area (Å²) in [5, 5.41) is 9.39. The number of carbonyl (C=O) groups is 1. The molecule has 1 N–H and O–H groups in total. The summed E-state index contributed by atoms with van der Waals surface area (Å²) in [6.07, 6.45) is 0.903. The van der Waals surface area contributed by atoms with Crippen LogP contribution in [0.25, 0.3) is 0 Å². The molecule has 1 aromatic rings. The number of hydrogen-bond acceptors (Lipinski definition) is 2. The summed E-state index contributed by atoms with van der Waals surface area (Å²) in [7, 11) is 0. The molecule has 0 radical (unpaired) electrons. The number of benzene rings is 1. The molecule has 0 spiro atoms. The van der Waals surface area contributed by atoms with E-state index in [4.69, 9.17) is 16.7 Å². The maximum absolute atomic E-state index is 10.7. The molecule has 0 aliphatic heterocycles. The van der Waals surface area contributed by atoms with Crippen LogP contribution in [0.4, 0.5) is 5.69 Å². The van der Waals surface area contributed by atoms with Crippen molar-refractivity contribution in [3.63, 3.8) is 0 Å². The van der Waals surface area contributed by atoms with Crippen LogP contribution in [0.5, 0.6) is 0 Å². The Balaban J connectivity index is 2.83. The first kappa shape index (κ1) is 11.9. The first-order valence-corrected chi connectivity index (χ1v) is 5.23. The Morgan fingerprint density at radius 2 is 2.27 bits per heavy atom. The van der Waals surface area contributed by atoms with Crippen molar-refractivity contribution < 1.29 is 9.90 Å². The van der Waals surface area contributed by atoms with E-state index in [9.17, 15) is 4.79 Å². The predicted octanol–water partition coefficient (Wildman–Crippen LogP) is 2.64. The lowest BCUT2D eigenvalue weighted by atomic mass is 10.2. The van der Waals surface area contributed by atoms with Gasteiger partial charge in [0.15, 0.2) is 0 Å². The molecule has 0 atom stereocenters. The topological polar surface area (TPSA) is 40.5 Å². The Morgan fingerprint density at radius 1 is 1.53 bits per heavy atom. The number of hydrogen-bond donors (Lipinski definition) is 1. The minimum absolute atomic E-state index is 0.00812. The molecule has 0 bridgehead atoms. The summed E-state index contributed by atoms with van der Waals surface area (Å²) >= 11 is 5.85. The fourth-order valence-corrected chi connectivity index (χ4v) is 1.59. The standard InChI is InChI=1S/C11H14ClNO2/c1-2-6-13(8-11(14)15)10-5-3-4-9(12)7-10/h3-5,7H,2,6,8H2,1H3,(H,14,15). The molecular formula is C11H14ClNO2. The minimum atomic E-state index is -0.830. The van der Waals surface area contributed by atoms with Gasteiger partial charge >= 0.3 is 5.97 Å². The van der Waals surface area contributed by atoms with E-state index in [1.807, 2.05) is 19.1 Å². The van der Waals surface area contributed by atoms with Crippen molar-refractivity contribution in [2.45, 2.75) is 13.3 Å². The molecule has 15 heavy (non-hydrogen) atoms. The van der Waals surface area contributed by atoms with Gasteiger partial charge in [0.1, 0.15) is 6.54 Å². The van der Waals surface area contributed by atoms with E-state index in [0.29, 0.717) is 11.6 Å². The van der Waals surface area contributed by atoms with Crippen LogP contribution in [0.3, 0.4) is 0 Å². The number of anilines is 1. The van der Waals surface area contributed by atoms with E-state index in [-0.39, 0.29) is 6.54 Å². The van der Waals surface area contributed by atoms with Gasteiger partial charge in [0, 0.05) is 17.3 Å². The Bertz CT molecular complexity index is 341. The van der Waals surface area contributed by atoms with Gasteiger partial charge in [-0.25, -0.2) is 0 Å². The van der Waals surface area contributed by atoms with Gasteiger partial charge in [-0.3, -0.25) is 4.79 Å². The fraction of sp³-hybridized carbons (Fsp3) is 0.364. The molecule has 0 aliphatic rings. The molecule has 0 unspecified atom stereocenters. The molecule has 0 aromatic heterocycles. The van der Waals surface area contributed by atoms with E-state index in [2.05, 4.69) is 0 Å². The Morgan fingerprint density at radius 3 is 2.80 bits per heavy atom. The van der Waals surface area contributed by atoms with Crippen LogP contribution in [-0.2, 0) is 4.79 Å². The maximum Gasteiger partial charge on any atom is 0.323 e. The van der Waals surface area contributed by atoms with Gasteiger partial charge in [0.05, 0.1) is 0 Å². The van der Waals surface area contributed by atoms with Crippen molar-refractivity contribution in [1.82, 2.24) is 0 Å². The largest absolute Gasteiger partial charge is 0.480 e. The molecule has 82 valence electrons. The van der Waals surface area contributed by atoms with Crippen LogP contribution >= 0.6 is 11.6 Å². The molecule has 0 aliphatic carbocycles. The monoisotopic (exact) mass is 227 g/mol. The molecule has 4 heteroatoms. The van der Waals surface area contributed by atoms with E-state index in [0.717, 1.165) is 12.1 Å². The van der Waals surface area contributed by atoms with Crippen LogP contribution in [0.1, 0.15) is 13.3 Å². The third-order valence-electron chi connectivity index (χ3n) is 1.99. The van der Waals surface area contributed by atoms with Crippen molar-refractivity contribution in [3.05, 3.63) is 29.3 Å². The normalized spacial score (nSPS) is 10.0. The predicted molar refractivity (Wildman–Crippen MR) is 61.6 cm³/mol. The Kier molecular flexibility index (Phi) is 4.43. The molecule has 0 amide bonds. The highest BCUT2D eigenvalue weighted by atomic mass is 35.5. The third kappa shape index (κ3) is 3.80. The average molecular weight is 228 g/mol. The van der Waals surface area contributed by atoms with Gasteiger partial charge in [0.2, 0.25) is 0 Å². The van der Waals surface area contributed by atoms with Gasteiger partial charge in [-0.2, -0.15) is 0 Å². The summed E-state index contributed by atoms with van der Waals surface area (Å²) in [4.78, 5) is 12.5. The van der Waals surface area contributed by atoms with Gasteiger partial charge in [-0.15, -0.1) is 0 Å². The zero-order chi connectivity index (χ0) is 11.3. The van der Waals surface area contributed by atoms with E-state index < -0.39 is 5.97 Å². The van der Waals surface area contributed by atoms with E-state index in [1.165, 1.54) is 0 Å². The van der Waals surface area contributed by atoms with Crippen molar-refractivity contribution in [1.29, 1.82) is 0 Å². The second-order valence-corrected chi connectivity index (χ2v) is 3.73. The number of carboxylic acids is 1. The minimum Gasteiger partial charge on any atom is -0.480 e. The molecule has 0 fully saturated rings. The second-order valence-electron chi connectivity index (χ2n) is 3.30. The van der Waals surface area contributed by atoms with E-state index >= 15 is 0 Å². The zero-order valence-electron chi connectivity index (χ0n) is 8.61. The van der Waals surface area contributed by atoms with Crippen molar-refractivity contribution in [2.75, 3.05) is 18.0 Å². The molecule has 3 nitrogen and oxygen atoms in total. The third-order valence-corrected chi connectivity index (χ3v) is 2.23. The highest BCUT2D eigenvalue weighted by Crippen LogP contribution is 2.19. The first-order valence-electron chi connectivity index (χ1n) is 4.85. The van der Waals surface area contributed by atoms with Crippen molar-refractivity contribution in [3.8, 4) is 0 Å². The lowest BCUT2D eigenvalue weighted by molar-refractivity contribution is -0.135.